The van der Waals surface area contributed by atoms with E-state index in [-0.39, 0.29) is 5.91 Å². The first kappa shape index (κ1) is 14.7. The van der Waals surface area contributed by atoms with Gasteiger partial charge in [0, 0.05) is 20.0 Å². The molecule has 0 spiro atoms. The summed E-state index contributed by atoms with van der Waals surface area (Å²) in [6.45, 7) is 1.43. The lowest BCUT2D eigenvalue weighted by atomic mass is 10.1. The van der Waals surface area contributed by atoms with E-state index in [1.54, 1.807) is 0 Å². The number of aryl methyl sites for hydroxylation is 1. The zero-order valence-corrected chi connectivity index (χ0v) is 11.3. The standard InChI is InChI=1S/C15H24N2O/c1-17(15(18)11-7-12-16)13-6-5-10-14-8-3-2-4-9-14/h2-4,8-9H,5-7,10-13,16H2,1H3. The van der Waals surface area contributed by atoms with Gasteiger partial charge in [0.1, 0.15) is 0 Å². The van der Waals surface area contributed by atoms with Crippen LogP contribution in [0.3, 0.4) is 0 Å². The van der Waals surface area contributed by atoms with Crippen molar-refractivity contribution in [1.29, 1.82) is 0 Å². The molecule has 0 unspecified atom stereocenters. The van der Waals surface area contributed by atoms with E-state index in [2.05, 4.69) is 24.3 Å². The Labute approximate surface area is 110 Å². The second-order valence-corrected chi connectivity index (χ2v) is 4.65. The highest BCUT2D eigenvalue weighted by Crippen LogP contribution is 2.05. The highest BCUT2D eigenvalue weighted by Gasteiger charge is 2.06. The quantitative estimate of drug-likeness (QED) is 0.717. The van der Waals surface area contributed by atoms with Gasteiger partial charge in [0.25, 0.3) is 0 Å². The highest BCUT2D eigenvalue weighted by atomic mass is 16.2. The predicted molar refractivity (Wildman–Crippen MR) is 75.3 cm³/mol. The molecule has 1 aromatic rings. The molecule has 1 rings (SSSR count). The van der Waals surface area contributed by atoms with Gasteiger partial charge in [-0.05, 0) is 37.8 Å². The zero-order valence-electron chi connectivity index (χ0n) is 11.3. The van der Waals surface area contributed by atoms with Crippen LogP contribution in [0.1, 0.15) is 31.2 Å². The fourth-order valence-electron chi connectivity index (χ4n) is 1.89. The number of hydrogen-bond donors (Lipinski definition) is 1. The number of nitrogens with two attached hydrogens (primary N) is 1. The Balaban J connectivity index is 2.12. The van der Waals surface area contributed by atoms with Crippen LogP contribution < -0.4 is 5.73 Å². The van der Waals surface area contributed by atoms with Crippen LogP contribution in [0, 0.1) is 0 Å². The zero-order chi connectivity index (χ0) is 13.2. The lowest BCUT2D eigenvalue weighted by Crippen LogP contribution is -2.28. The number of hydrogen-bond acceptors (Lipinski definition) is 2. The van der Waals surface area contributed by atoms with Crippen LogP contribution in [-0.2, 0) is 11.2 Å². The summed E-state index contributed by atoms with van der Waals surface area (Å²) in [5.74, 6) is 0.208. The summed E-state index contributed by atoms with van der Waals surface area (Å²) in [6.07, 6.45) is 4.63. The van der Waals surface area contributed by atoms with Crippen molar-refractivity contribution in [1.82, 2.24) is 4.90 Å². The molecule has 18 heavy (non-hydrogen) atoms. The van der Waals surface area contributed by atoms with Crippen LogP contribution in [-0.4, -0.2) is 30.9 Å². The second kappa shape index (κ2) is 8.70. The molecular weight excluding hydrogens is 224 g/mol. The van der Waals surface area contributed by atoms with Crippen LogP contribution in [0.25, 0.3) is 0 Å². The van der Waals surface area contributed by atoms with Crippen LogP contribution >= 0.6 is 0 Å². The molecule has 1 aromatic carbocycles. The van der Waals surface area contributed by atoms with E-state index in [1.165, 1.54) is 5.56 Å². The second-order valence-electron chi connectivity index (χ2n) is 4.65. The average Bonchev–Trinajstić information content (AvgIpc) is 2.41. The third-order valence-corrected chi connectivity index (χ3v) is 3.07. The Morgan fingerprint density at radius 1 is 1.17 bits per heavy atom. The number of unbranched alkanes of at least 4 members (excludes halogenated alkanes) is 1. The molecule has 100 valence electrons. The molecule has 1 amide bonds. The van der Waals surface area contributed by atoms with Crippen molar-refractivity contribution >= 4 is 5.91 Å². The van der Waals surface area contributed by atoms with Crippen molar-refractivity contribution in [3.05, 3.63) is 35.9 Å². The van der Waals surface area contributed by atoms with Gasteiger partial charge in [0.15, 0.2) is 0 Å². The lowest BCUT2D eigenvalue weighted by molar-refractivity contribution is -0.130. The van der Waals surface area contributed by atoms with Crippen LogP contribution in [0.4, 0.5) is 0 Å². The van der Waals surface area contributed by atoms with Crippen molar-refractivity contribution in [3.63, 3.8) is 0 Å². The van der Waals surface area contributed by atoms with E-state index in [9.17, 15) is 4.79 Å². The number of nitrogens with zero attached hydrogens (tertiary/aromatic N) is 1. The first-order chi connectivity index (χ1) is 8.74. The van der Waals surface area contributed by atoms with E-state index in [0.717, 1.165) is 32.2 Å². The van der Waals surface area contributed by atoms with E-state index in [4.69, 9.17) is 5.73 Å². The largest absolute Gasteiger partial charge is 0.346 e. The summed E-state index contributed by atoms with van der Waals surface area (Å²) in [5, 5.41) is 0. The molecule has 0 aliphatic heterocycles. The van der Waals surface area contributed by atoms with E-state index in [0.29, 0.717) is 13.0 Å². The number of amides is 1. The first-order valence-corrected chi connectivity index (χ1v) is 6.72. The molecule has 0 saturated carbocycles. The summed E-state index contributed by atoms with van der Waals surface area (Å²) >= 11 is 0. The third kappa shape index (κ3) is 5.82. The molecule has 0 fully saturated rings. The normalized spacial score (nSPS) is 10.3. The molecule has 0 saturated heterocycles. The molecule has 3 nitrogen and oxygen atoms in total. The molecule has 2 N–H and O–H groups in total. The van der Waals surface area contributed by atoms with Crippen molar-refractivity contribution in [3.8, 4) is 0 Å². The number of benzene rings is 1. The number of carbonyl (C=O) groups excluding carboxylic acids is 1. The van der Waals surface area contributed by atoms with E-state index in [1.807, 2.05) is 18.0 Å². The Bertz CT molecular complexity index is 338. The van der Waals surface area contributed by atoms with Gasteiger partial charge in [0.05, 0.1) is 0 Å². The number of rotatable bonds is 8. The maximum Gasteiger partial charge on any atom is 0.222 e. The highest BCUT2D eigenvalue weighted by molar-refractivity contribution is 5.75. The molecule has 0 aliphatic rings. The summed E-state index contributed by atoms with van der Waals surface area (Å²) < 4.78 is 0. The Kier molecular flexibility index (Phi) is 7.11. The topological polar surface area (TPSA) is 46.3 Å². The van der Waals surface area contributed by atoms with Crippen molar-refractivity contribution in [2.75, 3.05) is 20.1 Å². The minimum absolute atomic E-state index is 0.208. The van der Waals surface area contributed by atoms with Crippen LogP contribution in [0.15, 0.2) is 30.3 Å². The molecular formula is C15H24N2O. The van der Waals surface area contributed by atoms with E-state index >= 15 is 0 Å². The molecule has 3 heteroatoms. The van der Waals surface area contributed by atoms with Crippen molar-refractivity contribution < 1.29 is 4.79 Å². The van der Waals surface area contributed by atoms with Gasteiger partial charge < -0.3 is 10.6 Å². The molecule has 0 atom stereocenters. The monoisotopic (exact) mass is 248 g/mol. The molecule has 0 radical (unpaired) electrons. The fraction of sp³-hybridized carbons (Fsp3) is 0.533. The van der Waals surface area contributed by atoms with Gasteiger partial charge in [-0.1, -0.05) is 30.3 Å². The van der Waals surface area contributed by atoms with Gasteiger partial charge in [-0.3, -0.25) is 4.79 Å². The third-order valence-electron chi connectivity index (χ3n) is 3.07. The predicted octanol–water partition coefficient (Wildman–Crippen LogP) is 2.21. The first-order valence-electron chi connectivity index (χ1n) is 6.72. The van der Waals surface area contributed by atoms with Crippen LogP contribution in [0.2, 0.25) is 0 Å². The molecule has 0 aromatic heterocycles. The average molecular weight is 248 g/mol. The summed E-state index contributed by atoms with van der Waals surface area (Å²) in [4.78, 5) is 13.5. The van der Waals surface area contributed by atoms with Crippen LogP contribution in [0.5, 0.6) is 0 Å². The molecule has 0 bridgehead atoms. The van der Waals surface area contributed by atoms with Gasteiger partial charge in [-0.15, -0.1) is 0 Å². The Morgan fingerprint density at radius 3 is 2.56 bits per heavy atom. The summed E-state index contributed by atoms with van der Waals surface area (Å²) in [6, 6.07) is 10.5. The maximum atomic E-state index is 11.6. The minimum Gasteiger partial charge on any atom is -0.346 e. The molecule has 0 heterocycles. The van der Waals surface area contributed by atoms with Crippen molar-refractivity contribution in [2.24, 2.45) is 5.73 Å². The summed E-state index contributed by atoms with van der Waals surface area (Å²) in [5.41, 5.74) is 6.76. The number of carbonyl (C=O) groups is 1. The maximum absolute atomic E-state index is 11.6. The van der Waals surface area contributed by atoms with Gasteiger partial charge in [0.2, 0.25) is 5.91 Å². The van der Waals surface area contributed by atoms with Gasteiger partial charge in [-0.2, -0.15) is 0 Å². The van der Waals surface area contributed by atoms with Gasteiger partial charge in [-0.25, -0.2) is 0 Å². The fourth-order valence-corrected chi connectivity index (χ4v) is 1.89. The summed E-state index contributed by atoms with van der Waals surface area (Å²) in [7, 11) is 1.88. The van der Waals surface area contributed by atoms with E-state index < -0.39 is 0 Å². The minimum atomic E-state index is 0.208. The smallest absolute Gasteiger partial charge is 0.222 e. The van der Waals surface area contributed by atoms with Gasteiger partial charge >= 0.3 is 0 Å². The Hall–Kier alpha value is -1.35. The van der Waals surface area contributed by atoms with Crippen molar-refractivity contribution in [2.45, 2.75) is 32.1 Å². The molecule has 0 aliphatic carbocycles. The SMILES string of the molecule is CN(CCCCc1ccccc1)C(=O)CCCN. The Morgan fingerprint density at radius 2 is 1.89 bits per heavy atom. The lowest BCUT2D eigenvalue weighted by Gasteiger charge is -2.16.